The molecule has 0 aromatic heterocycles. The van der Waals surface area contributed by atoms with Crippen molar-refractivity contribution in [3.05, 3.63) is 35.9 Å². The summed E-state index contributed by atoms with van der Waals surface area (Å²) in [6.45, 7) is 0. The molecule has 0 radical (unpaired) electrons. The number of carbonyl (C=O) groups is 2. The maximum absolute atomic E-state index is 12.3. The maximum atomic E-state index is 12.3. The third-order valence-electron chi connectivity index (χ3n) is 4.27. The molecule has 1 amide bonds. The summed E-state index contributed by atoms with van der Waals surface area (Å²) in [6, 6.07) is 9.78. The van der Waals surface area contributed by atoms with Crippen LogP contribution in [0.4, 0.5) is 4.79 Å². The summed E-state index contributed by atoms with van der Waals surface area (Å²) in [7, 11) is 1.35. The Balaban J connectivity index is 2.04. The number of hydrogen-bond acceptors (Lipinski definition) is 4. The van der Waals surface area contributed by atoms with Gasteiger partial charge >= 0.3 is 12.1 Å². The van der Waals surface area contributed by atoms with Crippen LogP contribution in [-0.2, 0) is 14.3 Å². The van der Waals surface area contributed by atoms with Gasteiger partial charge in [0.15, 0.2) is 5.54 Å². The second kappa shape index (κ2) is 4.81. The number of carbonyl (C=O) groups excluding carboxylic acids is 2. The van der Waals surface area contributed by atoms with Gasteiger partial charge in [-0.2, -0.15) is 0 Å². The Hall–Kier alpha value is -2.04. The number of benzene rings is 1. The molecular weight excluding hydrogens is 258 g/mol. The first-order chi connectivity index (χ1) is 9.65. The number of ether oxygens (including phenoxy) is 2. The highest BCUT2D eigenvalue weighted by Crippen LogP contribution is 2.44. The lowest BCUT2D eigenvalue weighted by Crippen LogP contribution is -2.66. The molecule has 106 valence electrons. The van der Waals surface area contributed by atoms with E-state index >= 15 is 0 Å². The molecular formula is C15H17NO4. The molecule has 1 aromatic carbocycles. The fourth-order valence-electron chi connectivity index (χ4n) is 3.40. The largest absolute Gasteiger partial charge is 0.467 e. The molecule has 2 aliphatic rings. The summed E-state index contributed by atoms with van der Waals surface area (Å²) in [5, 5.41) is 2.72. The Morgan fingerprint density at radius 1 is 1.35 bits per heavy atom. The van der Waals surface area contributed by atoms with Gasteiger partial charge < -0.3 is 14.8 Å². The van der Waals surface area contributed by atoms with E-state index in [1.807, 2.05) is 30.3 Å². The van der Waals surface area contributed by atoms with Crippen LogP contribution in [0.15, 0.2) is 30.3 Å². The smallest absolute Gasteiger partial charge is 0.408 e. The Bertz CT molecular complexity index is 530. The van der Waals surface area contributed by atoms with E-state index < -0.39 is 17.6 Å². The Labute approximate surface area is 117 Å². The third kappa shape index (κ3) is 1.94. The monoisotopic (exact) mass is 275 g/mol. The van der Waals surface area contributed by atoms with Crippen molar-refractivity contribution in [3.8, 4) is 0 Å². The molecule has 2 fully saturated rings. The number of rotatable bonds is 2. The zero-order chi connectivity index (χ0) is 14.2. The highest BCUT2D eigenvalue weighted by Gasteiger charge is 2.56. The second-order valence-corrected chi connectivity index (χ2v) is 5.36. The molecule has 1 saturated carbocycles. The van der Waals surface area contributed by atoms with Crippen LogP contribution in [0.2, 0.25) is 0 Å². The summed E-state index contributed by atoms with van der Waals surface area (Å²) >= 11 is 0. The first-order valence-corrected chi connectivity index (χ1v) is 6.78. The van der Waals surface area contributed by atoms with Crippen LogP contribution >= 0.6 is 0 Å². The highest BCUT2D eigenvalue weighted by molar-refractivity contribution is 5.88. The van der Waals surface area contributed by atoms with Crippen molar-refractivity contribution in [1.82, 2.24) is 5.32 Å². The number of nitrogens with one attached hydrogen (secondary N) is 1. The molecule has 2 bridgehead atoms. The topological polar surface area (TPSA) is 64.6 Å². The number of amides is 1. The van der Waals surface area contributed by atoms with E-state index in [-0.39, 0.29) is 12.0 Å². The molecule has 1 aromatic rings. The lowest BCUT2D eigenvalue weighted by molar-refractivity contribution is -0.155. The van der Waals surface area contributed by atoms with E-state index in [9.17, 15) is 9.59 Å². The number of methoxy groups -OCH3 is 1. The van der Waals surface area contributed by atoms with Crippen molar-refractivity contribution >= 4 is 12.1 Å². The van der Waals surface area contributed by atoms with E-state index in [2.05, 4.69) is 5.32 Å². The second-order valence-electron chi connectivity index (χ2n) is 5.36. The fourth-order valence-corrected chi connectivity index (χ4v) is 3.40. The summed E-state index contributed by atoms with van der Waals surface area (Å²) in [4.78, 5) is 24.1. The van der Waals surface area contributed by atoms with Gasteiger partial charge in [0.2, 0.25) is 0 Å². The third-order valence-corrected chi connectivity index (χ3v) is 4.27. The van der Waals surface area contributed by atoms with Gasteiger partial charge in [0.25, 0.3) is 0 Å². The first kappa shape index (κ1) is 13.0. The van der Waals surface area contributed by atoms with Crippen LogP contribution in [0.1, 0.15) is 30.7 Å². The summed E-state index contributed by atoms with van der Waals surface area (Å²) in [5.74, 6) is -0.479. The standard InChI is InChI=1S/C15H17NO4/c1-19-13(17)15-9-11(20-14(18)16-15)7-8-12(15)10-5-3-2-4-6-10/h2-6,11-12H,7-9H2,1H3,(H,16,18)/t11-,12-,15-/m0/s1. The first-order valence-electron chi connectivity index (χ1n) is 6.78. The van der Waals surface area contributed by atoms with E-state index in [0.717, 1.165) is 18.4 Å². The Morgan fingerprint density at radius 3 is 2.80 bits per heavy atom. The van der Waals surface area contributed by atoms with E-state index in [1.165, 1.54) is 7.11 Å². The van der Waals surface area contributed by atoms with Crippen molar-refractivity contribution in [3.63, 3.8) is 0 Å². The zero-order valence-electron chi connectivity index (χ0n) is 11.3. The predicted molar refractivity (Wildman–Crippen MR) is 71.2 cm³/mol. The molecule has 1 aliphatic heterocycles. The van der Waals surface area contributed by atoms with Gasteiger partial charge in [0, 0.05) is 12.3 Å². The lowest BCUT2D eigenvalue weighted by Gasteiger charge is -2.47. The molecule has 5 nitrogen and oxygen atoms in total. The predicted octanol–water partition coefficient (Wildman–Crippen LogP) is 1.97. The van der Waals surface area contributed by atoms with Crippen LogP contribution in [0.3, 0.4) is 0 Å². The molecule has 1 aliphatic carbocycles. The number of hydrogen-bond donors (Lipinski definition) is 1. The normalized spacial score (nSPS) is 31.9. The molecule has 20 heavy (non-hydrogen) atoms. The summed E-state index contributed by atoms with van der Waals surface area (Å²) in [5.41, 5.74) is 0.0347. The average molecular weight is 275 g/mol. The molecule has 1 N–H and O–H groups in total. The van der Waals surface area contributed by atoms with Gasteiger partial charge in [0.05, 0.1) is 7.11 Å². The van der Waals surface area contributed by atoms with Crippen LogP contribution in [-0.4, -0.2) is 30.8 Å². The summed E-state index contributed by atoms with van der Waals surface area (Å²) < 4.78 is 10.2. The lowest BCUT2D eigenvalue weighted by atomic mass is 9.68. The average Bonchev–Trinajstić information content (AvgIpc) is 2.46. The van der Waals surface area contributed by atoms with Gasteiger partial charge in [-0.15, -0.1) is 0 Å². The fraction of sp³-hybridized carbons (Fsp3) is 0.467. The van der Waals surface area contributed by atoms with Crippen LogP contribution < -0.4 is 5.32 Å². The SMILES string of the molecule is COC(=O)[C@]12C[C@H](CC[C@H]1c1ccccc1)OC(=O)N2. The van der Waals surface area contributed by atoms with E-state index in [0.29, 0.717) is 6.42 Å². The van der Waals surface area contributed by atoms with E-state index in [1.54, 1.807) is 0 Å². The zero-order valence-corrected chi connectivity index (χ0v) is 11.3. The Kier molecular flexibility index (Phi) is 3.12. The number of fused-ring (bicyclic) bond motifs is 2. The van der Waals surface area contributed by atoms with Gasteiger partial charge in [-0.3, -0.25) is 0 Å². The van der Waals surface area contributed by atoms with Crippen LogP contribution in [0.25, 0.3) is 0 Å². The number of alkyl carbamates (subject to hydrolysis) is 1. The quantitative estimate of drug-likeness (QED) is 0.838. The van der Waals surface area contributed by atoms with Crippen molar-refractivity contribution < 1.29 is 19.1 Å². The van der Waals surface area contributed by atoms with E-state index in [4.69, 9.17) is 9.47 Å². The minimum atomic E-state index is -1.01. The van der Waals surface area contributed by atoms with Crippen LogP contribution in [0.5, 0.6) is 0 Å². The molecule has 3 rings (SSSR count). The Morgan fingerprint density at radius 2 is 2.10 bits per heavy atom. The molecule has 3 atom stereocenters. The minimum Gasteiger partial charge on any atom is -0.467 e. The highest BCUT2D eigenvalue weighted by atomic mass is 16.6. The molecule has 0 unspecified atom stereocenters. The van der Waals surface area contributed by atoms with Crippen LogP contribution in [0, 0.1) is 0 Å². The van der Waals surface area contributed by atoms with Crippen molar-refractivity contribution in [2.75, 3.05) is 7.11 Å². The minimum absolute atomic E-state index is 0.0831. The molecule has 0 spiro atoms. The van der Waals surface area contributed by atoms with Crippen molar-refractivity contribution in [2.45, 2.75) is 36.8 Å². The van der Waals surface area contributed by atoms with Gasteiger partial charge in [-0.1, -0.05) is 30.3 Å². The molecule has 5 heteroatoms. The summed E-state index contributed by atoms with van der Waals surface area (Å²) in [6.07, 6.45) is 1.27. The maximum Gasteiger partial charge on any atom is 0.408 e. The van der Waals surface area contributed by atoms with Gasteiger partial charge in [0.1, 0.15) is 6.10 Å². The van der Waals surface area contributed by atoms with Gasteiger partial charge in [-0.05, 0) is 18.4 Å². The molecule has 1 saturated heterocycles. The van der Waals surface area contributed by atoms with Gasteiger partial charge in [-0.25, -0.2) is 9.59 Å². The number of esters is 1. The van der Waals surface area contributed by atoms with Crippen molar-refractivity contribution in [1.29, 1.82) is 0 Å². The molecule has 1 heterocycles. The van der Waals surface area contributed by atoms with Crippen molar-refractivity contribution in [2.24, 2.45) is 0 Å².